The van der Waals surface area contributed by atoms with Gasteiger partial charge in [0.15, 0.2) is 5.78 Å². The zero-order valence-electron chi connectivity index (χ0n) is 18.4. The first-order valence-corrected chi connectivity index (χ1v) is 11.5. The van der Waals surface area contributed by atoms with Gasteiger partial charge in [0.05, 0.1) is 17.8 Å². The zero-order chi connectivity index (χ0) is 22.4. The second-order valence-electron chi connectivity index (χ2n) is 9.01. The second-order valence-corrected chi connectivity index (χ2v) is 9.01. The van der Waals surface area contributed by atoms with E-state index in [-0.39, 0.29) is 23.9 Å². The lowest BCUT2D eigenvalue weighted by Gasteiger charge is -2.37. The quantitative estimate of drug-likeness (QED) is 0.542. The fraction of sp³-hybridized carbons (Fsp3) is 0.667. The number of nitrogens with zero attached hydrogens (tertiary/aromatic N) is 2. The first-order chi connectivity index (χ1) is 14.8. The molecule has 1 aliphatic carbocycles. The number of carbonyl (C=O) groups excluding carboxylic acids is 1. The normalized spacial score (nSPS) is 23.0. The van der Waals surface area contributed by atoms with Crippen LogP contribution in [0.1, 0.15) is 51.9 Å². The molecule has 1 heterocycles. The van der Waals surface area contributed by atoms with Crippen molar-refractivity contribution in [2.45, 2.75) is 57.8 Å². The molecule has 0 atom stereocenters. The number of piperazine rings is 1. The Morgan fingerprint density at radius 1 is 1.10 bits per heavy atom. The number of ketones is 1. The summed E-state index contributed by atoms with van der Waals surface area (Å²) in [6, 6.07) is 6.90. The summed E-state index contributed by atoms with van der Waals surface area (Å²) in [6.45, 7) is 5.81. The van der Waals surface area contributed by atoms with Crippen molar-refractivity contribution >= 4 is 17.2 Å². The van der Waals surface area contributed by atoms with Gasteiger partial charge in [0, 0.05) is 38.5 Å². The van der Waals surface area contributed by atoms with E-state index in [4.69, 9.17) is 5.41 Å². The lowest BCUT2D eigenvalue weighted by atomic mass is 9.77. The number of alkyl halides is 2. The Kier molecular flexibility index (Phi) is 8.14. The maximum absolute atomic E-state index is 14.0. The number of para-hydroxylation sites is 1. The van der Waals surface area contributed by atoms with Crippen LogP contribution in [-0.2, 0) is 4.79 Å². The molecule has 172 valence electrons. The molecule has 1 saturated heterocycles. The van der Waals surface area contributed by atoms with Gasteiger partial charge in [-0.15, -0.1) is 0 Å². The Balaban J connectivity index is 1.36. The number of Topliss-reactive ketones (excluding diaryl/α,β-unsaturated/α-hetero) is 1. The molecule has 0 radical (unpaired) electrons. The molecule has 0 bridgehead atoms. The van der Waals surface area contributed by atoms with E-state index in [1.807, 2.05) is 12.1 Å². The highest BCUT2D eigenvalue weighted by atomic mass is 19.3. The maximum Gasteiger partial charge on any atom is 0.255 e. The van der Waals surface area contributed by atoms with Crippen LogP contribution >= 0.6 is 0 Å². The zero-order valence-corrected chi connectivity index (χ0v) is 18.4. The number of halogens is 3. The molecule has 1 aliphatic heterocycles. The Bertz CT molecular complexity index is 754. The molecule has 1 saturated carbocycles. The number of nitrogens with one attached hydrogen (secondary N) is 1. The first kappa shape index (κ1) is 23.8. The first-order valence-electron chi connectivity index (χ1n) is 11.5. The topological polar surface area (TPSA) is 47.4 Å². The van der Waals surface area contributed by atoms with Crippen LogP contribution in [-0.4, -0.2) is 55.0 Å². The summed E-state index contributed by atoms with van der Waals surface area (Å²) in [5.41, 5.74) is 0.574. The molecule has 2 aliphatic rings. The molecule has 0 spiro atoms. The Labute approximate surface area is 183 Å². The van der Waals surface area contributed by atoms with Crippen LogP contribution in [0.4, 0.5) is 18.9 Å². The Morgan fingerprint density at radius 2 is 1.74 bits per heavy atom. The molecule has 0 aromatic heterocycles. The van der Waals surface area contributed by atoms with Gasteiger partial charge in [-0.1, -0.05) is 19.1 Å². The predicted molar refractivity (Wildman–Crippen MR) is 118 cm³/mol. The molecular formula is C24H34F3N3O. The van der Waals surface area contributed by atoms with E-state index in [9.17, 15) is 18.0 Å². The third-order valence-corrected chi connectivity index (χ3v) is 6.91. The van der Waals surface area contributed by atoms with E-state index in [1.54, 1.807) is 6.07 Å². The average molecular weight is 438 g/mol. The van der Waals surface area contributed by atoms with Gasteiger partial charge < -0.3 is 10.3 Å². The van der Waals surface area contributed by atoms with Gasteiger partial charge in [0.25, 0.3) is 5.92 Å². The molecule has 1 N–H and O–H groups in total. The van der Waals surface area contributed by atoms with Gasteiger partial charge in [-0.05, 0) is 56.7 Å². The number of hydrogen-bond acceptors (Lipinski definition) is 4. The van der Waals surface area contributed by atoms with Crippen molar-refractivity contribution in [2.75, 3.05) is 37.6 Å². The van der Waals surface area contributed by atoms with Crippen LogP contribution < -0.4 is 4.90 Å². The minimum atomic E-state index is -3.00. The fourth-order valence-corrected chi connectivity index (χ4v) is 4.71. The third kappa shape index (κ3) is 6.55. The minimum absolute atomic E-state index is 0.101. The van der Waals surface area contributed by atoms with Crippen molar-refractivity contribution in [1.29, 1.82) is 5.41 Å². The highest BCUT2D eigenvalue weighted by Crippen LogP contribution is 2.33. The van der Waals surface area contributed by atoms with Gasteiger partial charge in [-0.3, -0.25) is 9.69 Å². The summed E-state index contributed by atoms with van der Waals surface area (Å²) >= 11 is 0. The molecule has 0 amide bonds. The fourth-order valence-electron chi connectivity index (χ4n) is 4.71. The molecule has 1 aromatic carbocycles. The SMILES string of the molecule is CCC(F)(F)CC(=O)C(=N)C1CCC(CCN2CCN(c3ccccc3F)CC2)CC1. The lowest BCUT2D eigenvalue weighted by Crippen LogP contribution is -2.47. The van der Waals surface area contributed by atoms with E-state index in [1.165, 1.54) is 13.0 Å². The van der Waals surface area contributed by atoms with Crippen molar-refractivity contribution in [3.63, 3.8) is 0 Å². The summed E-state index contributed by atoms with van der Waals surface area (Å²) in [5.74, 6) is -3.48. The summed E-state index contributed by atoms with van der Waals surface area (Å²) in [4.78, 5) is 16.6. The summed E-state index contributed by atoms with van der Waals surface area (Å²) in [7, 11) is 0. The van der Waals surface area contributed by atoms with Crippen LogP contribution in [0.5, 0.6) is 0 Å². The lowest BCUT2D eigenvalue weighted by molar-refractivity contribution is -0.120. The number of hydrogen-bond donors (Lipinski definition) is 1. The predicted octanol–water partition coefficient (Wildman–Crippen LogP) is 5.17. The average Bonchev–Trinajstić information content (AvgIpc) is 2.78. The molecule has 4 nitrogen and oxygen atoms in total. The van der Waals surface area contributed by atoms with Gasteiger partial charge >= 0.3 is 0 Å². The van der Waals surface area contributed by atoms with E-state index < -0.39 is 18.1 Å². The second kappa shape index (κ2) is 10.6. The van der Waals surface area contributed by atoms with E-state index in [2.05, 4.69) is 9.80 Å². The highest BCUT2D eigenvalue weighted by Gasteiger charge is 2.34. The number of rotatable bonds is 9. The van der Waals surface area contributed by atoms with E-state index in [0.29, 0.717) is 11.6 Å². The summed E-state index contributed by atoms with van der Waals surface area (Å²) in [5, 5.41) is 8.05. The van der Waals surface area contributed by atoms with Crippen LogP contribution in [0.2, 0.25) is 0 Å². The van der Waals surface area contributed by atoms with Gasteiger partial charge in [-0.2, -0.15) is 0 Å². The van der Waals surface area contributed by atoms with Crippen LogP contribution in [0.15, 0.2) is 24.3 Å². The summed E-state index contributed by atoms with van der Waals surface area (Å²) < 4.78 is 40.9. The van der Waals surface area contributed by atoms with Crippen molar-refractivity contribution in [1.82, 2.24) is 4.90 Å². The van der Waals surface area contributed by atoms with Gasteiger partial charge in [0.1, 0.15) is 5.82 Å². The smallest absolute Gasteiger partial charge is 0.255 e. The van der Waals surface area contributed by atoms with Gasteiger partial charge in [0.2, 0.25) is 0 Å². The molecule has 1 aromatic rings. The van der Waals surface area contributed by atoms with Crippen LogP contribution in [0.3, 0.4) is 0 Å². The van der Waals surface area contributed by atoms with Crippen molar-refractivity contribution in [3.05, 3.63) is 30.1 Å². The monoisotopic (exact) mass is 437 g/mol. The molecular weight excluding hydrogens is 403 g/mol. The Morgan fingerprint density at radius 3 is 2.35 bits per heavy atom. The Hall–Kier alpha value is -1.89. The molecule has 3 rings (SSSR count). The van der Waals surface area contributed by atoms with Gasteiger partial charge in [-0.25, -0.2) is 13.2 Å². The summed E-state index contributed by atoms with van der Waals surface area (Å²) in [6.07, 6.45) is 3.25. The number of anilines is 1. The standard InChI is InChI=1S/C24H34F3N3O/c1-2-24(26,27)17-22(31)23(28)19-9-7-18(8-10-19)11-12-29-13-15-30(16-14-29)21-6-4-3-5-20(21)25/h3-6,18-19,28H,2,7-17H2,1H3. The molecule has 0 unspecified atom stereocenters. The van der Waals surface area contributed by atoms with Crippen molar-refractivity contribution in [3.8, 4) is 0 Å². The van der Waals surface area contributed by atoms with Crippen LogP contribution in [0.25, 0.3) is 0 Å². The number of carbonyl (C=O) groups is 1. The van der Waals surface area contributed by atoms with E-state index in [0.717, 1.165) is 64.8 Å². The molecule has 2 fully saturated rings. The number of benzene rings is 1. The largest absolute Gasteiger partial charge is 0.367 e. The van der Waals surface area contributed by atoms with Crippen molar-refractivity contribution < 1.29 is 18.0 Å². The molecule has 7 heteroatoms. The van der Waals surface area contributed by atoms with Crippen LogP contribution in [0, 0.1) is 23.1 Å². The van der Waals surface area contributed by atoms with E-state index >= 15 is 0 Å². The highest BCUT2D eigenvalue weighted by molar-refractivity contribution is 6.39. The maximum atomic E-state index is 14.0. The van der Waals surface area contributed by atoms with Crippen molar-refractivity contribution in [2.24, 2.45) is 11.8 Å². The third-order valence-electron chi connectivity index (χ3n) is 6.91. The minimum Gasteiger partial charge on any atom is -0.367 e. The molecule has 31 heavy (non-hydrogen) atoms.